The number of aliphatic hydroxyl groups excluding tert-OH is 1. The molecule has 1 unspecified atom stereocenters. The van der Waals surface area contributed by atoms with Crippen LogP contribution >= 0.6 is 15.9 Å². The quantitative estimate of drug-likeness (QED) is 0.500. The molecule has 0 aliphatic carbocycles. The lowest BCUT2D eigenvalue weighted by Crippen LogP contribution is -2.37. The number of nitrogen functional groups attached to an aromatic ring is 1. The number of rotatable bonds is 5. The third-order valence-electron chi connectivity index (χ3n) is 2.22. The average molecular weight is 353 g/mol. The van der Waals surface area contributed by atoms with E-state index in [0.29, 0.717) is 4.47 Å². The molecule has 19 heavy (non-hydrogen) atoms. The zero-order chi connectivity index (χ0) is 14.6. The van der Waals surface area contributed by atoms with Crippen LogP contribution in [0.2, 0.25) is 0 Å². The molecule has 0 aliphatic rings. The summed E-state index contributed by atoms with van der Waals surface area (Å²) in [6.07, 6.45) is -1.56. The van der Waals surface area contributed by atoms with Gasteiger partial charge in [-0.3, -0.25) is 0 Å². The van der Waals surface area contributed by atoms with Gasteiger partial charge in [0.25, 0.3) is 0 Å². The fraction of sp³-hybridized carbons (Fsp3) is 0.300. The number of hydrogen-bond acceptors (Lipinski definition) is 6. The van der Waals surface area contributed by atoms with Crippen LogP contribution in [0.25, 0.3) is 0 Å². The lowest BCUT2D eigenvalue weighted by molar-refractivity contribution is -0.149. The third-order valence-corrected chi connectivity index (χ3v) is 4.36. The van der Waals surface area contributed by atoms with Crippen molar-refractivity contribution in [3.63, 3.8) is 0 Å². The number of methoxy groups -OCH3 is 1. The van der Waals surface area contributed by atoms with Gasteiger partial charge in [-0.25, -0.2) is 17.9 Å². The first kappa shape index (κ1) is 15.9. The lowest BCUT2D eigenvalue weighted by Gasteiger charge is -2.11. The maximum absolute atomic E-state index is 11.9. The Morgan fingerprint density at radius 2 is 2.21 bits per heavy atom. The molecule has 0 saturated heterocycles. The van der Waals surface area contributed by atoms with E-state index < -0.39 is 28.6 Å². The number of nitrogens with two attached hydrogens (primary N) is 1. The van der Waals surface area contributed by atoms with Gasteiger partial charge in [-0.1, -0.05) is 0 Å². The van der Waals surface area contributed by atoms with Crippen LogP contribution in [0, 0.1) is 0 Å². The van der Waals surface area contributed by atoms with Gasteiger partial charge in [0.1, 0.15) is 0 Å². The van der Waals surface area contributed by atoms with E-state index in [1.807, 2.05) is 0 Å². The molecular formula is C10H13BrN2O5S. The van der Waals surface area contributed by atoms with Crippen LogP contribution in [-0.4, -0.2) is 39.3 Å². The van der Waals surface area contributed by atoms with Crippen molar-refractivity contribution in [3.8, 4) is 0 Å². The summed E-state index contributed by atoms with van der Waals surface area (Å²) < 4.78 is 30.7. The highest BCUT2D eigenvalue weighted by Gasteiger charge is 2.20. The van der Waals surface area contributed by atoms with Crippen LogP contribution in [0.1, 0.15) is 0 Å². The Hall–Kier alpha value is -1.16. The largest absolute Gasteiger partial charge is 0.467 e. The molecular weight excluding hydrogens is 340 g/mol. The number of ether oxygens (including phenoxy) is 1. The normalized spacial score (nSPS) is 13.0. The first-order valence-electron chi connectivity index (χ1n) is 5.08. The monoisotopic (exact) mass is 352 g/mol. The summed E-state index contributed by atoms with van der Waals surface area (Å²) in [6.45, 7) is -0.481. The first-order valence-corrected chi connectivity index (χ1v) is 7.36. The van der Waals surface area contributed by atoms with Crippen molar-refractivity contribution >= 4 is 37.6 Å². The number of halogens is 1. The van der Waals surface area contributed by atoms with Gasteiger partial charge in [-0.15, -0.1) is 0 Å². The number of benzene rings is 1. The molecule has 1 rings (SSSR count). The topological polar surface area (TPSA) is 119 Å². The minimum atomic E-state index is -3.85. The van der Waals surface area contributed by atoms with Gasteiger partial charge < -0.3 is 15.6 Å². The Bertz CT molecular complexity index is 575. The second kappa shape index (κ2) is 6.33. The summed E-state index contributed by atoms with van der Waals surface area (Å²) in [5, 5.41) is 9.29. The van der Waals surface area contributed by atoms with Crippen molar-refractivity contribution in [1.82, 2.24) is 4.72 Å². The van der Waals surface area contributed by atoms with Crippen molar-refractivity contribution in [2.24, 2.45) is 0 Å². The van der Waals surface area contributed by atoms with Gasteiger partial charge in [0, 0.05) is 16.7 Å². The molecule has 0 aromatic heterocycles. The predicted octanol–water partition coefficient (Wildman–Crippen LogP) is -0.156. The van der Waals surface area contributed by atoms with Gasteiger partial charge in [0.2, 0.25) is 10.0 Å². The fourth-order valence-corrected chi connectivity index (χ4v) is 2.50. The van der Waals surface area contributed by atoms with E-state index in [4.69, 9.17) is 5.73 Å². The number of nitrogens with one attached hydrogen (secondary N) is 1. The van der Waals surface area contributed by atoms with E-state index in [9.17, 15) is 18.3 Å². The first-order chi connectivity index (χ1) is 8.77. The van der Waals surface area contributed by atoms with E-state index in [0.717, 1.165) is 7.11 Å². The number of aliphatic hydroxyl groups is 1. The lowest BCUT2D eigenvalue weighted by atomic mass is 10.3. The number of carbonyl (C=O) groups is 1. The minimum absolute atomic E-state index is 0.0646. The standard InChI is InChI=1S/C10H13BrN2O5S/c1-18-10(15)9(14)5-13-19(16,17)6-2-3-7(11)8(12)4-6/h2-4,9,13-14H,5,12H2,1H3. The average Bonchev–Trinajstić information content (AvgIpc) is 2.38. The zero-order valence-electron chi connectivity index (χ0n) is 9.96. The molecule has 106 valence electrons. The molecule has 1 aromatic rings. The maximum Gasteiger partial charge on any atom is 0.336 e. The number of sulfonamides is 1. The Morgan fingerprint density at radius 1 is 1.58 bits per heavy atom. The molecule has 0 bridgehead atoms. The van der Waals surface area contributed by atoms with Crippen molar-refractivity contribution in [3.05, 3.63) is 22.7 Å². The van der Waals surface area contributed by atoms with E-state index in [1.54, 1.807) is 0 Å². The van der Waals surface area contributed by atoms with Gasteiger partial charge in [0.15, 0.2) is 6.10 Å². The van der Waals surface area contributed by atoms with E-state index in [1.165, 1.54) is 18.2 Å². The molecule has 0 spiro atoms. The highest BCUT2D eigenvalue weighted by atomic mass is 79.9. The molecule has 0 aliphatic heterocycles. The second-order valence-corrected chi connectivity index (χ2v) is 6.20. The second-order valence-electron chi connectivity index (χ2n) is 3.57. The van der Waals surface area contributed by atoms with Crippen LogP contribution in [0.15, 0.2) is 27.6 Å². The van der Waals surface area contributed by atoms with Gasteiger partial charge in [-0.05, 0) is 34.1 Å². The van der Waals surface area contributed by atoms with E-state index in [2.05, 4.69) is 25.4 Å². The van der Waals surface area contributed by atoms with Crippen LogP contribution in [0.5, 0.6) is 0 Å². The third kappa shape index (κ3) is 4.16. The fourth-order valence-electron chi connectivity index (χ4n) is 1.18. The Balaban J connectivity index is 2.81. The molecule has 0 fully saturated rings. The predicted molar refractivity (Wildman–Crippen MR) is 71.8 cm³/mol. The zero-order valence-corrected chi connectivity index (χ0v) is 12.4. The summed E-state index contributed by atoms with van der Waals surface area (Å²) in [5.74, 6) is -0.918. The molecule has 0 heterocycles. The van der Waals surface area contributed by atoms with Gasteiger partial charge >= 0.3 is 5.97 Å². The van der Waals surface area contributed by atoms with E-state index >= 15 is 0 Å². The van der Waals surface area contributed by atoms with Gasteiger partial charge in [0.05, 0.1) is 12.0 Å². The van der Waals surface area contributed by atoms with Crippen LogP contribution in [0.4, 0.5) is 5.69 Å². The van der Waals surface area contributed by atoms with Crippen LogP contribution in [-0.2, 0) is 19.6 Å². The number of hydrogen-bond donors (Lipinski definition) is 3. The molecule has 0 amide bonds. The molecule has 0 saturated carbocycles. The summed E-state index contributed by atoms with van der Waals surface area (Å²) in [5.41, 5.74) is 5.84. The molecule has 9 heteroatoms. The SMILES string of the molecule is COC(=O)C(O)CNS(=O)(=O)c1ccc(Br)c(N)c1. The van der Waals surface area contributed by atoms with Crippen molar-refractivity contribution < 1.29 is 23.1 Å². The Labute approximate surface area is 118 Å². The Kier molecular flexibility index (Phi) is 5.29. The van der Waals surface area contributed by atoms with Crippen molar-refractivity contribution in [2.45, 2.75) is 11.0 Å². The van der Waals surface area contributed by atoms with Crippen molar-refractivity contribution in [2.75, 3.05) is 19.4 Å². The number of carbonyl (C=O) groups excluding carboxylic acids is 1. The molecule has 4 N–H and O–H groups in total. The van der Waals surface area contributed by atoms with E-state index in [-0.39, 0.29) is 10.6 Å². The van der Waals surface area contributed by atoms with Crippen LogP contribution in [0.3, 0.4) is 0 Å². The Morgan fingerprint density at radius 3 is 2.74 bits per heavy atom. The van der Waals surface area contributed by atoms with Crippen LogP contribution < -0.4 is 10.5 Å². The maximum atomic E-state index is 11.9. The highest BCUT2D eigenvalue weighted by molar-refractivity contribution is 9.10. The highest BCUT2D eigenvalue weighted by Crippen LogP contribution is 2.22. The molecule has 0 radical (unpaired) electrons. The number of anilines is 1. The minimum Gasteiger partial charge on any atom is -0.467 e. The summed E-state index contributed by atoms with van der Waals surface area (Å²) in [6, 6.07) is 4.09. The number of esters is 1. The summed E-state index contributed by atoms with van der Waals surface area (Å²) in [4.78, 5) is 10.9. The summed E-state index contributed by atoms with van der Waals surface area (Å²) >= 11 is 3.15. The summed E-state index contributed by atoms with van der Waals surface area (Å²) in [7, 11) is -2.76. The van der Waals surface area contributed by atoms with Crippen molar-refractivity contribution in [1.29, 1.82) is 0 Å². The molecule has 1 atom stereocenters. The molecule has 7 nitrogen and oxygen atoms in total. The smallest absolute Gasteiger partial charge is 0.336 e. The van der Waals surface area contributed by atoms with Gasteiger partial charge in [-0.2, -0.15) is 0 Å². The molecule has 1 aromatic carbocycles.